The van der Waals surface area contributed by atoms with Crippen LogP contribution < -0.4 is 0 Å². The van der Waals surface area contributed by atoms with Crippen LogP contribution in [0.2, 0.25) is 0 Å². The minimum atomic E-state index is -5.54. The van der Waals surface area contributed by atoms with Crippen LogP contribution in [0.1, 0.15) is 71.1 Å². The Morgan fingerprint density at radius 1 is 0.909 bits per heavy atom. The van der Waals surface area contributed by atoms with Gasteiger partial charge in [0.2, 0.25) is 0 Å². The maximum absolute atomic E-state index is 12.9. The number of hydrogen-bond acceptors (Lipinski definition) is 5. The van der Waals surface area contributed by atoms with Gasteiger partial charge in [0.15, 0.2) is 0 Å². The van der Waals surface area contributed by atoms with E-state index >= 15 is 0 Å². The fourth-order valence-electron chi connectivity index (χ4n) is 4.22. The van der Waals surface area contributed by atoms with Gasteiger partial charge < -0.3 is 14.2 Å². The molecule has 0 amide bonds. The molecule has 10 heteroatoms. The van der Waals surface area contributed by atoms with E-state index in [1.54, 1.807) is 6.92 Å². The molecule has 0 aromatic rings. The average molecular weight is 485 g/mol. The van der Waals surface area contributed by atoms with Gasteiger partial charge in [-0.2, -0.15) is 22.0 Å². The Hall–Kier alpha value is -1.71. The van der Waals surface area contributed by atoms with Gasteiger partial charge in [-0.05, 0) is 70.6 Å². The van der Waals surface area contributed by atoms with Crippen molar-refractivity contribution in [3.05, 3.63) is 12.2 Å². The molecule has 0 saturated heterocycles. The van der Waals surface area contributed by atoms with Gasteiger partial charge in [0.1, 0.15) is 6.10 Å². The lowest BCUT2D eigenvalue weighted by molar-refractivity contribution is -0.285. The zero-order valence-corrected chi connectivity index (χ0v) is 18.9. The molecule has 2 aliphatic rings. The van der Waals surface area contributed by atoms with Crippen LogP contribution in [0.3, 0.4) is 0 Å². The fourth-order valence-corrected chi connectivity index (χ4v) is 4.22. The summed E-state index contributed by atoms with van der Waals surface area (Å²) in [5, 5.41) is 0. The van der Waals surface area contributed by atoms with Crippen LogP contribution in [0, 0.1) is 11.8 Å². The number of alkyl halides is 5. The van der Waals surface area contributed by atoms with Crippen molar-refractivity contribution in [2.45, 2.75) is 95.4 Å². The van der Waals surface area contributed by atoms with Crippen LogP contribution in [-0.2, 0) is 23.8 Å². The van der Waals surface area contributed by atoms with E-state index in [1.165, 1.54) is 6.08 Å². The molecule has 2 rings (SSSR count). The molecule has 5 nitrogen and oxygen atoms in total. The molecule has 0 bridgehead atoms. The van der Waals surface area contributed by atoms with Crippen LogP contribution in [-0.4, -0.2) is 49.5 Å². The Morgan fingerprint density at radius 2 is 1.52 bits per heavy atom. The summed E-state index contributed by atoms with van der Waals surface area (Å²) in [7, 11) is 0. The van der Waals surface area contributed by atoms with Crippen LogP contribution in [0.25, 0.3) is 0 Å². The van der Waals surface area contributed by atoms with Crippen molar-refractivity contribution >= 4 is 11.9 Å². The molecule has 0 aromatic heterocycles. The Bertz CT molecular complexity index is 648. The first kappa shape index (κ1) is 27.5. The van der Waals surface area contributed by atoms with Gasteiger partial charge in [-0.25, -0.2) is 4.79 Å². The molecule has 0 aliphatic heterocycles. The highest BCUT2D eigenvalue weighted by atomic mass is 19.4. The molecule has 2 aliphatic carbocycles. The number of halogens is 5. The van der Waals surface area contributed by atoms with Gasteiger partial charge in [-0.15, -0.1) is 0 Å². The highest BCUT2D eigenvalue weighted by Crippen LogP contribution is 2.39. The average Bonchev–Trinajstić information content (AvgIpc) is 2.76. The zero-order chi connectivity index (χ0) is 24.5. The molecule has 0 heterocycles. The Labute approximate surface area is 191 Å². The Morgan fingerprint density at radius 3 is 2.09 bits per heavy atom. The predicted molar refractivity (Wildman–Crippen MR) is 110 cm³/mol. The number of esters is 2. The summed E-state index contributed by atoms with van der Waals surface area (Å²) in [6, 6.07) is 0. The third-order valence-electron chi connectivity index (χ3n) is 6.20. The van der Waals surface area contributed by atoms with Crippen molar-refractivity contribution in [1.82, 2.24) is 0 Å². The quantitative estimate of drug-likeness (QED) is 0.171. The van der Waals surface area contributed by atoms with Crippen LogP contribution >= 0.6 is 0 Å². The van der Waals surface area contributed by atoms with E-state index in [2.05, 4.69) is 0 Å². The molecule has 2 fully saturated rings. The zero-order valence-electron chi connectivity index (χ0n) is 18.9. The van der Waals surface area contributed by atoms with E-state index in [9.17, 15) is 31.5 Å². The number of rotatable bonds is 10. The van der Waals surface area contributed by atoms with Crippen molar-refractivity contribution in [2.75, 3.05) is 13.2 Å². The summed E-state index contributed by atoms with van der Waals surface area (Å²) in [5.41, 5.74) is 0. The van der Waals surface area contributed by atoms with Gasteiger partial charge in [0.05, 0.1) is 18.6 Å². The summed E-state index contributed by atoms with van der Waals surface area (Å²) >= 11 is 0. The fraction of sp³-hybridized carbons (Fsp3) is 0.826. The van der Waals surface area contributed by atoms with Gasteiger partial charge in [0.25, 0.3) is 0 Å². The third-order valence-corrected chi connectivity index (χ3v) is 6.20. The SMILES string of the molecule is CCOC(=O)/C=C/C1CCC(OC(=O)C2CCC(OCCCC(F)(F)C(F)(F)F)CC2)CC1. The molecule has 0 radical (unpaired) electrons. The van der Waals surface area contributed by atoms with E-state index < -0.39 is 18.5 Å². The first-order chi connectivity index (χ1) is 15.5. The first-order valence-corrected chi connectivity index (χ1v) is 11.6. The van der Waals surface area contributed by atoms with Crippen molar-refractivity contribution in [3.8, 4) is 0 Å². The largest absolute Gasteiger partial charge is 0.463 e. The van der Waals surface area contributed by atoms with Crippen LogP contribution in [0.5, 0.6) is 0 Å². The number of hydrogen-bond donors (Lipinski definition) is 0. The first-order valence-electron chi connectivity index (χ1n) is 11.6. The molecular formula is C23H33F5O5. The standard InChI is InChI=1S/C23H33F5O5/c1-2-31-20(29)13-6-16-4-9-19(10-5-16)33-21(30)17-7-11-18(12-8-17)32-15-3-14-22(24,25)23(26,27)28/h6,13,16-19H,2-5,7-12,14-15H2,1H3/b13-6+. The molecule has 190 valence electrons. The normalized spacial score (nSPS) is 26.8. The minimum Gasteiger partial charge on any atom is -0.463 e. The van der Waals surface area contributed by atoms with Crippen molar-refractivity contribution in [1.29, 1.82) is 0 Å². The van der Waals surface area contributed by atoms with Crippen LogP contribution in [0.4, 0.5) is 22.0 Å². The molecule has 2 saturated carbocycles. The lowest BCUT2D eigenvalue weighted by atomic mass is 9.86. The van der Waals surface area contributed by atoms with Gasteiger partial charge in [-0.1, -0.05) is 6.08 Å². The van der Waals surface area contributed by atoms with Crippen molar-refractivity contribution in [3.63, 3.8) is 0 Å². The highest BCUT2D eigenvalue weighted by Gasteiger charge is 2.56. The molecule has 0 atom stereocenters. The lowest BCUT2D eigenvalue weighted by Crippen LogP contribution is -2.36. The monoisotopic (exact) mass is 484 g/mol. The number of ether oxygens (including phenoxy) is 3. The van der Waals surface area contributed by atoms with Crippen molar-refractivity contribution in [2.24, 2.45) is 11.8 Å². The smallest absolute Gasteiger partial charge is 0.453 e. The molecule has 0 unspecified atom stereocenters. The van der Waals surface area contributed by atoms with Crippen LogP contribution in [0.15, 0.2) is 12.2 Å². The predicted octanol–water partition coefficient (Wildman–Crippen LogP) is 5.76. The summed E-state index contributed by atoms with van der Waals surface area (Å²) in [6.45, 7) is 1.91. The van der Waals surface area contributed by atoms with Crippen molar-refractivity contribution < 1.29 is 45.8 Å². The molecule has 0 spiro atoms. The molecular weight excluding hydrogens is 451 g/mol. The summed E-state index contributed by atoms with van der Waals surface area (Å²) in [6.07, 6.45) is 0.962. The van der Waals surface area contributed by atoms with Gasteiger partial charge in [-0.3, -0.25) is 4.79 Å². The number of allylic oxidation sites excluding steroid dienone is 1. The van der Waals surface area contributed by atoms with E-state index in [0.29, 0.717) is 32.3 Å². The molecule has 0 N–H and O–H groups in total. The molecule has 0 aromatic carbocycles. The molecule has 33 heavy (non-hydrogen) atoms. The lowest BCUT2D eigenvalue weighted by Gasteiger charge is -2.31. The second-order valence-electron chi connectivity index (χ2n) is 8.74. The van der Waals surface area contributed by atoms with E-state index in [4.69, 9.17) is 14.2 Å². The second kappa shape index (κ2) is 12.7. The van der Waals surface area contributed by atoms with Gasteiger partial charge >= 0.3 is 24.0 Å². The Kier molecular flexibility index (Phi) is 10.6. The topological polar surface area (TPSA) is 61.8 Å². The number of carbonyl (C=O) groups is 2. The third kappa shape index (κ3) is 9.22. The Balaban J connectivity index is 1.60. The van der Waals surface area contributed by atoms with E-state index in [-0.39, 0.29) is 49.0 Å². The maximum atomic E-state index is 12.9. The van der Waals surface area contributed by atoms with E-state index in [1.807, 2.05) is 6.08 Å². The summed E-state index contributed by atoms with van der Waals surface area (Å²) in [4.78, 5) is 23.9. The second-order valence-corrected chi connectivity index (χ2v) is 8.74. The van der Waals surface area contributed by atoms with E-state index in [0.717, 1.165) is 25.7 Å². The number of carbonyl (C=O) groups excluding carboxylic acids is 2. The van der Waals surface area contributed by atoms with Gasteiger partial charge in [0, 0.05) is 19.1 Å². The highest BCUT2D eigenvalue weighted by molar-refractivity contribution is 5.81. The minimum absolute atomic E-state index is 0.144. The summed E-state index contributed by atoms with van der Waals surface area (Å²) in [5.74, 6) is -5.30. The summed E-state index contributed by atoms with van der Waals surface area (Å²) < 4.78 is 78.2. The maximum Gasteiger partial charge on any atom is 0.453 e.